The second kappa shape index (κ2) is 7.17. The van der Waals surface area contributed by atoms with Crippen LogP contribution in [0.2, 0.25) is 0 Å². The lowest BCUT2D eigenvalue weighted by atomic mass is 10.1. The molecule has 25 heavy (non-hydrogen) atoms. The predicted molar refractivity (Wildman–Crippen MR) is 91.5 cm³/mol. The van der Waals surface area contributed by atoms with Gasteiger partial charge in [0.05, 0.1) is 12.5 Å². The summed E-state index contributed by atoms with van der Waals surface area (Å²) in [7, 11) is 1.59. The summed E-state index contributed by atoms with van der Waals surface area (Å²) >= 11 is 0. The minimum absolute atomic E-state index is 0.145. The molecule has 0 saturated carbocycles. The molecule has 0 aliphatic heterocycles. The second-order valence-electron chi connectivity index (χ2n) is 5.49. The van der Waals surface area contributed by atoms with Crippen LogP contribution < -0.4 is 15.7 Å². The third-order valence-electron chi connectivity index (χ3n) is 3.78. The number of methoxy groups -OCH3 is 1. The molecule has 0 atom stereocenters. The standard InChI is InChI=1S/C19H16FNO4/c1-24-15-4-2-3-12(9-15)7-8-21-18(22)17-11-13-10-14(20)5-6-16(13)19(23)25-17/h2-6,9-11H,7-8H2,1H3,(H,21,22). The van der Waals surface area contributed by atoms with E-state index < -0.39 is 17.3 Å². The van der Waals surface area contributed by atoms with Crippen LogP contribution in [0, 0.1) is 5.82 Å². The maximum atomic E-state index is 13.3. The highest BCUT2D eigenvalue weighted by molar-refractivity contribution is 5.95. The third kappa shape index (κ3) is 3.85. The lowest BCUT2D eigenvalue weighted by Gasteiger charge is -2.07. The normalized spacial score (nSPS) is 10.6. The van der Waals surface area contributed by atoms with Crippen molar-refractivity contribution in [3.05, 3.63) is 76.1 Å². The van der Waals surface area contributed by atoms with Crippen LogP contribution in [0.25, 0.3) is 10.8 Å². The Morgan fingerprint density at radius 2 is 2.04 bits per heavy atom. The summed E-state index contributed by atoms with van der Waals surface area (Å²) in [5.41, 5.74) is 0.331. The van der Waals surface area contributed by atoms with Gasteiger partial charge in [-0.1, -0.05) is 12.1 Å². The second-order valence-corrected chi connectivity index (χ2v) is 5.49. The Balaban J connectivity index is 1.70. The summed E-state index contributed by atoms with van der Waals surface area (Å²) in [5, 5.41) is 3.24. The van der Waals surface area contributed by atoms with Crippen LogP contribution in [-0.4, -0.2) is 19.6 Å². The molecule has 3 aromatic rings. The number of benzene rings is 2. The molecule has 0 saturated heterocycles. The van der Waals surface area contributed by atoms with Gasteiger partial charge in [-0.2, -0.15) is 0 Å². The molecule has 0 spiro atoms. The van der Waals surface area contributed by atoms with Crippen LogP contribution in [0.1, 0.15) is 16.1 Å². The Morgan fingerprint density at radius 1 is 1.20 bits per heavy atom. The summed E-state index contributed by atoms with van der Waals surface area (Å²) < 4.78 is 23.5. The van der Waals surface area contributed by atoms with E-state index in [0.29, 0.717) is 18.4 Å². The van der Waals surface area contributed by atoms with Gasteiger partial charge in [0.15, 0.2) is 5.76 Å². The first-order valence-electron chi connectivity index (χ1n) is 7.71. The quantitative estimate of drug-likeness (QED) is 0.775. The molecule has 1 aromatic heterocycles. The number of fused-ring (bicyclic) bond motifs is 1. The van der Waals surface area contributed by atoms with Gasteiger partial charge in [-0.15, -0.1) is 0 Å². The van der Waals surface area contributed by atoms with Crippen molar-refractivity contribution >= 4 is 16.7 Å². The Morgan fingerprint density at radius 3 is 2.84 bits per heavy atom. The zero-order valence-electron chi connectivity index (χ0n) is 13.5. The van der Waals surface area contributed by atoms with Crippen molar-refractivity contribution in [2.45, 2.75) is 6.42 Å². The van der Waals surface area contributed by atoms with Gasteiger partial charge in [-0.25, -0.2) is 9.18 Å². The molecule has 0 radical (unpaired) electrons. The fourth-order valence-electron chi connectivity index (χ4n) is 2.51. The summed E-state index contributed by atoms with van der Waals surface area (Å²) in [5.74, 6) is -0.409. The van der Waals surface area contributed by atoms with E-state index in [0.717, 1.165) is 11.3 Å². The lowest BCUT2D eigenvalue weighted by molar-refractivity contribution is 0.0922. The van der Waals surface area contributed by atoms with E-state index in [1.54, 1.807) is 7.11 Å². The van der Waals surface area contributed by atoms with Crippen molar-refractivity contribution in [1.82, 2.24) is 5.32 Å². The number of rotatable bonds is 5. The molecule has 0 aliphatic rings. The van der Waals surface area contributed by atoms with Gasteiger partial charge in [0.1, 0.15) is 11.6 Å². The van der Waals surface area contributed by atoms with E-state index in [9.17, 15) is 14.0 Å². The summed E-state index contributed by atoms with van der Waals surface area (Å²) in [6.07, 6.45) is 0.593. The molecule has 128 valence electrons. The zero-order valence-corrected chi connectivity index (χ0v) is 13.5. The smallest absolute Gasteiger partial charge is 0.344 e. The molecular weight excluding hydrogens is 325 g/mol. The van der Waals surface area contributed by atoms with Crippen molar-refractivity contribution in [3.8, 4) is 5.75 Å². The van der Waals surface area contributed by atoms with Gasteiger partial charge >= 0.3 is 5.63 Å². The monoisotopic (exact) mass is 341 g/mol. The maximum absolute atomic E-state index is 13.3. The van der Waals surface area contributed by atoms with E-state index in [-0.39, 0.29) is 11.1 Å². The number of halogens is 1. The van der Waals surface area contributed by atoms with Gasteiger partial charge in [-0.05, 0) is 53.8 Å². The van der Waals surface area contributed by atoms with Crippen molar-refractivity contribution in [3.63, 3.8) is 0 Å². The Hall–Kier alpha value is -3.15. The van der Waals surface area contributed by atoms with E-state index in [4.69, 9.17) is 9.15 Å². The number of nitrogens with one attached hydrogen (secondary N) is 1. The molecule has 0 fully saturated rings. The summed E-state index contributed by atoms with van der Waals surface area (Å²) in [6.45, 7) is 0.358. The zero-order chi connectivity index (χ0) is 17.8. The molecule has 0 aliphatic carbocycles. The first-order valence-corrected chi connectivity index (χ1v) is 7.71. The van der Waals surface area contributed by atoms with Gasteiger partial charge < -0.3 is 14.5 Å². The molecule has 5 nitrogen and oxygen atoms in total. The Kier molecular flexibility index (Phi) is 4.79. The first kappa shape index (κ1) is 16.7. The molecule has 1 N–H and O–H groups in total. The molecule has 3 rings (SSSR count). The number of hydrogen-bond donors (Lipinski definition) is 1. The number of ether oxygens (including phenoxy) is 1. The average molecular weight is 341 g/mol. The van der Waals surface area contributed by atoms with Gasteiger partial charge in [0.2, 0.25) is 0 Å². The predicted octanol–water partition coefficient (Wildman–Crippen LogP) is 2.91. The van der Waals surface area contributed by atoms with Crippen LogP contribution in [0.5, 0.6) is 5.75 Å². The Bertz CT molecular complexity index is 981. The summed E-state index contributed by atoms with van der Waals surface area (Å²) in [6, 6.07) is 12.6. The van der Waals surface area contributed by atoms with Gasteiger partial charge in [0.25, 0.3) is 5.91 Å². The van der Waals surface area contributed by atoms with Crippen molar-refractivity contribution < 1.29 is 18.3 Å². The highest BCUT2D eigenvalue weighted by Crippen LogP contribution is 2.14. The molecule has 2 aromatic carbocycles. The van der Waals surface area contributed by atoms with Crippen LogP contribution in [0.3, 0.4) is 0 Å². The van der Waals surface area contributed by atoms with Gasteiger partial charge in [-0.3, -0.25) is 4.79 Å². The van der Waals surface area contributed by atoms with Crippen LogP contribution >= 0.6 is 0 Å². The topological polar surface area (TPSA) is 68.5 Å². The molecule has 0 unspecified atom stereocenters. The van der Waals surface area contributed by atoms with E-state index in [1.165, 1.54) is 24.3 Å². The first-order chi connectivity index (χ1) is 12.1. The summed E-state index contributed by atoms with van der Waals surface area (Å²) in [4.78, 5) is 24.1. The number of hydrogen-bond acceptors (Lipinski definition) is 4. The Labute approximate surface area is 143 Å². The average Bonchev–Trinajstić information content (AvgIpc) is 2.61. The van der Waals surface area contributed by atoms with Crippen LogP contribution in [-0.2, 0) is 6.42 Å². The number of carbonyl (C=O) groups excluding carboxylic acids is 1. The van der Waals surface area contributed by atoms with Gasteiger partial charge in [0, 0.05) is 6.54 Å². The maximum Gasteiger partial charge on any atom is 0.344 e. The minimum Gasteiger partial charge on any atom is -0.497 e. The molecule has 1 amide bonds. The van der Waals surface area contributed by atoms with Crippen LogP contribution in [0.4, 0.5) is 4.39 Å². The molecule has 6 heteroatoms. The van der Waals surface area contributed by atoms with Crippen LogP contribution in [0.15, 0.2) is 57.7 Å². The molecule has 0 bridgehead atoms. The fraction of sp³-hybridized carbons (Fsp3) is 0.158. The third-order valence-corrected chi connectivity index (χ3v) is 3.78. The van der Waals surface area contributed by atoms with E-state index >= 15 is 0 Å². The number of amides is 1. The molecular formula is C19H16FNO4. The number of carbonyl (C=O) groups is 1. The van der Waals surface area contributed by atoms with E-state index in [1.807, 2.05) is 24.3 Å². The highest BCUT2D eigenvalue weighted by Gasteiger charge is 2.12. The SMILES string of the molecule is COc1cccc(CCNC(=O)c2cc3cc(F)ccc3c(=O)o2)c1. The van der Waals surface area contributed by atoms with Crippen molar-refractivity contribution in [1.29, 1.82) is 0 Å². The van der Waals surface area contributed by atoms with Crippen molar-refractivity contribution in [2.24, 2.45) is 0 Å². The molecule has 1 heterocycles. The van der Waals surface area contributed by atoms with Crippen molar-refractivity contribution in [2.75, 3.05) is 13.7 Å². The minimum atomic E-state index is -0.671. The fourth-order valence-corrected chi connectivity index (χ4v) is 2.51. The highest BCUT2D eigenvalue weighted by atomic mass is 19.1. The largest absolute Gasteiger partial charge is 0.497 e. The lowest BCUT2D eigenvalue weighted by Crippen LogP contribution is -2.26. The van der Waals surface area contributed by atoms with E-state index in [2.05, 4.69) is 5.32 Å².